The molecule has 1 heterocycles. The first kappa shape index (κ1) is 13.9. The van der Waals surface area contributed by atoms with Crippen molar-refractivity contribution >= 4 is 22.6 Å². The Kier molecular flexibility index (Phi) is 2.92. The zero-order valence-electron chi connectivity index (χ0n) is 12.6. The van der Waals surface area contributed by atoms with Gasteiger partial charge in [0.25, 0.3) is 0 Å². The number of halogens is 1. The fourth-order valence-corrected chi connectivity index (χ4v) is 6.11. The van der Waals surface area contributed by atoms with Gasteiger partial charge in [-0.1, -0.05) is 73.2 Å². The van der Waals surface area contributed by atoms with Crippen molar-refractivity contribution in [1.29, 1.82) is 0 Å². The van der Waals surface area contributed by atoms with Gasteiger partial charge in [0, 0.05) is 5.41 Å². The highest BCUT2D eigenvalue weighted by Crippen LogP contribution is 2.74. The Labute approximate surface area is 140 Å². The van der Waals surface area contributed by atoms with Gasteiger partial charge in [-0.05, 0) is 40.4 Å². The molecule has 2 bridgehead atoms. The Bertz CT molecular complexity index is 621. The summed E-state index contributed by atoms with van der Waals surface area (Å²) in [6.45, 7) is 4.77. The van der Waals surface area contributed by atoms with Crippen molar-refractivity contribution in [3.63, 3.8) is 0 Å². The molecule has 0 N–H and O–H groups in total. The first-order valence-electron chi connectivity index (χ1n) is 7.88. The van der Waals surface area contributed by atoms with E-state index in [0.717, 1.165) is 0 Å². The van der Waals surface area contributed by atoms with Crippen molar-refractivity contribution in [2.24, 2.45) is 27.5 Å². The van der Waals surface area contributed by atoms with Crippen LogP contribution < -0.4 is 0 Å². The van der Waals surface area contributed by atoms with Crippen LogP contribution in [0.5, 0.6) is 0 Å². The Hall–Kier alpha value is -0.710. The fraction of sp³-hybridized carbons (Fsp3) is 0.556. The summed E-state index contributed by atoms with van der Waals surface area (Å²) in [6.07, 6.45) is 6.24. The maximum Gasteiger partial charge on any atom is 0.117 e. The summed E-state index contributed by atoms with van der Waals surface area (Å²) in [5, 5.41) is 9.86. The molecule has 0 radical (unpaired) electrons. The van der Waals surface area contributed by atoms with Crippen molar-refractivity contribution in [2.45, 2.75) is 44.2 Å². The summed E-state index contributed by atoms with van der Waals surface area (Å²) in [5.74, 6) is 1.29. The Morgan fingerprint density at radius 2 is 1.81 bits per heavy atom. The summed E-state index contributed by atoms with van der Waals surface area (Å²) in [7, 11) is 0. The highest BCUT2D eigenvalue weighted by molar-refractivity contribution is 14.1. The van der Waals surface area contributed by atoms with E-state index >= 15 is 0 Å². The molecule has 0 spiro atoms. The van der Waals surface area contributed by atoms with Crippen LogP contribution in [-0.4, -0.2) is 5.54 Å². The van der Waals surface area contributed by atoms with Crippen molar-refractivity contribution < 1.29 is 0 Å². The Morgan fingerprint density at radius 3 is 2.52 bits per heavy atom. The smallest absolute Gasteiger partial charge is 0.117 e. The van der Waals surface area contributed by atoms with Crippen LogP contribution in [0, 0.1) is 17.3 Å². The molecule has 2 saturated carbocycles. The molecule has 0 amide bonds. The van der Waals surface area contributed by atoms with Gasteiger partial charge in [-0.3, -0.25) is 0 Å². The van der Waals surface area contributed by atoms with Gasteiger partial charge < -0.3 is 0 Å². The second kappa shape index (κ2) is 4.40. The van der Waals surface area contributed by atoms with Crippen LogP contribution >= 0.6 is 22.6 Å². The number of benzene rings is 1. The maximum atomic E-state index is 4.96. The number of hydrogen-bond acceptors (Lipinski definition) is 2. The van der Waals surface area contributed by atoms with Crippen LogP contribution in [0.1, 0.15) is 38.7 Å². The molecule has 110 valence electrons. The van der Waals surface area contributed by atoms with Gasteiger partial charge in [-0.15, -0.1) is 0 Å². The zero-order valence-corrected chi connectivity index (χ0v) is 14.7. The van der Waals surface area contributed by atoms with Crippen molar-refractivity contribution in [1.82, 2.24) is 0 Å². The van der Waals surface area contributed by atoms with E-state index in [1.54, 1.807) is 0 Å². The molecule has 0 saturated heterocycles. The number of nitrogens with zero attached hydrogens (tertiary/aromatic N) is 2. The lowest BCUT2D eigenvalue weighted by molar-refractivity contribution is 0.164. The van der Waals surface area contributed by atoms with Gasteiger partial charge in [0.1, 0.15) is 11.1 Å². The number of rotatable bonds is 2. The molecule has 2 aliphatic carbocycles. The first-order valence-corrected chi connectivity index (χ1v) is 9.12. The van der Waals surface area contributed by atoms with Crippen LogP contribution in [0.2, 0.25) is 0 Å². The van der Waals surface area contributed by atoms with Gasteiger partial charge in [0.05, 0.1) is 0 Å². The standard InChI is InChI=1S/C18H21IN2/c1-16(2)17(11-12-19)14-9-6-10-15(14)18(16,21-20-17)13-7-4-3-5-8-13/h3-5,7-8,11-12,14-15H,6,9-10H2,1-2H3/b12-11-/t14-,15+,17-,18+/m1/s1. The summed E-state index contributed by atoms with van der Waals surface area (Å²) in [4.78, 5) is 0. The topological polar surface area (TPSA) is 24.7 Å². The van der Waals surface area contributed by atoms with E-state index in [4.69, 9.17) is 10.2 Å². The molecule has 4 atom stereocenters. The third-order valence-electron chi connectivity index (χ3n) is 6.48. The minimum atomic E-state index is -0.133. The lowest BCUT2D eigenvalue weighted by Gasteiger charge is -2.40. The lowest BCUT2D eigenvalue weighted by Crippen LogP contribution is -2.45. The minimum absolute atomic E-state index is 0.0405. The molecule has 21 heavy (non-hydrogen) atoms. The van der Waals surface area contributed by atoms with Crippen molar-refractivity contribution in [2.75, 3.05) is 0 Å². The zero-order chi connectivity index (χ0) is 14.7. The van der Waals surface area contributed by atoms with E-state index in [2.05, 4.69) is 76.9 Å². The third kappa shape index (κ3) is 1.40. The van der Waals surface area contributed by atoms with Crippen molar-refractivity contribution in [3.8, 4) is 0 Å². The number of hydrogen-bond donors (Lipinski definition) is 0. The second-order valence-corrected chi connectivity index (χ2v) is 7.94. The van der Waals surface area contributed by atoms with Crippen LogP contribution in [0.3, 0.4) is 0 Å². The molecule has 3 aliphatic rings. The van der Waals surface area contributed by atoms with Gasteiger partial charge in [0.15, 0.2) is 0 Å². The van der Waals surface area contributed by atoms with Crippen LogP contribution in [0.4, 0.5) is 0 Å². The van der Waals surface area contributed by atoms with E-state index in [1.807, 2.05) is 0 Å². The van der Waals surface area contributed by atoms with Gasteiger partial charge in [-0.25, -0.2) is 0 Å². The Morgan fingerprint density at radius 1 is 1.10 bits per heavy atom. The molecule has 3 heteroatoms. The predicted octanol–water partition coefficient (Wildman–Crippen LogP) is 5.49. The molecular weight excluding hydrogens is 371 g/mol. The quantitative estimate of drug-likeness (QED) is 0.595. The van der Waals surface area contributed by atoms with E-state index in [1.165, 1.54) is 24.8 Å². The summed E-state index contributed by atoms with van der Waals surface area (Å²) < 4.78 is 2.15. The monoisotopic (exact) mass is 392 g/mol. The van der Waals surface area contributed by atoms with Crippen molar-refractivity contribution in [3.05, 3.63) is 46.1 Å². The largest absolute Gasteiger partial charge is 0.181 e. The van der Waals surface area contributed by atoms with E-state index in [9.17, 15) is 0 Å². The van der Waals surface area contributed by atoms with E-state index in [-0.39, 0.29) is 16.5 Å². The second-order valence-electron chi connectivity index (χ2n) is 7.22. The molecule has 0 aromatic heterocycles. The molecule has 0 unspecified atom stereocenters. The lowest BCUT2D eigenvalue weighted by atomic mass is 9.63. The van der Waals surface area contributed by atoms with E-state index < -0.39 is 0 Å². The normalized spacial score (nSPS) is 42.8. The van der Waals surface area contributed by atoms with Gasteiger partial charge >= 0.3 is 0 Å². The minimum Gasteiger partial charge on any atom is -0.181 e. The maximum absolute atomic E-state index is 4.96. The molecule has 1 aromatic carbocycles. The molecule has 1 aromatic rings. The Balaban J connectivity index is 1.98. The van der Waals surface area contributed by atoms with Crippen LogP contribution in [0.25, 0.3) is 0 Å². The molecule has 1 aliphatic heterocycles. The van der Waals surface area contributed by atoms with Gasteiger partial charge in [0.2, 0.25) is 0 Å². The highest BCUT2D eigenvalue weighted by atomic mass is 127. The van der Waals surface area contributed by atoms with Crippen LogP contribution in [0.15, 0.2) is 50.7 Å². The highest BCUT2D eigenvalue weighted by Gasteiger charge is 2.76. The molecule has 4 rings (SSSR count). The number of azo groups is 1. The average molecular weight is 392 g/mol. The average Bonchev–Trinajstić information content (AvgIpc) is 3.09. The SMILES string of the molecule is CC1(C)[C@]2(/C=C\I)N=N[C@@]1(c1ccccc1)[C@H]1CCC[C@H]12. The third-order valence-corrected chi connectivity index (χ3v) is 6.84. The predicted molar refractivity (Wildman–Crippen MR) is 93.5 cm³/mol. The summed E-state index contributed by atoms with van der Waals surface area (Å²) in [6, 6.07) is 10.9. The molecular formula is C18H21IN2. The fourth-order valence-electron chi connectivity index (χ4n) is 5.57. The first-order chi connectivity index (χ1) is 10.1. The van der Waals surface area contributed by atoms with Crippen LogP contribution in [-0.2, 0) is 5.54 Å². The molecule has 2 nitrogen and oxygen atoms in total. The van der Waals surface area contributed by atoms with Gasteiger partial charge in [-0.2, -0.15) is 10.2 Å². The summed E-state index contributed by atoms with van der Waals surface area (Å²) >= 11 is 2.34. The molecule has 2 fully saturated rings. The summed E-state index contributed by atoms with van der Waals surface area (Å²) in [5.41, 5.74) is 1.16. The van der Waals surface area contributed by atoms with E-state index in [0.29, 0.717) is 11.8 Å². The number of fused-ring (bicyclic) bond motifs is 5.